The molecule has 0 aromatic carbocycles. The summed E-state index contributed by atoms with van der Waals surface area (Å²) < 4.78 is 0. The van der Waals surface area contributed by atoms with Crippen LogP contribution >= 0.6 is 0 Å². The lowest BCUT2D eigenvalue weighted by molar-refractivity contribution is 0.414. The molecule has 1 fully saturated rings. The minimum Gasteiger partial charge on any atom is -0.133 e. The Morgan fingerprint density at radius 3 is 2.56 bits per heavy atom. The summed E-state index contributed by atoms with van der Waals surface area (Å²) in [6, 6.07) is 0. The highest BCUT2D eigenvalue weighted by Gasteiger charge is 2.57. The molecular formula is C16H28. The molecular weight excluding hydrogens is 192 g/mol. The maximum Gasteiger partial charge on any atom is -0.0238 e. The van der Waals surface area contributed by atoms with Gasteiger partial charge in [0.15, 0.2) is 0 Å². The molecule has 92 valence electrons. The van der Waals surface area contributed by atoms with Gasteiger partial charge in [-0.25, -0.2) is 0 Å². The van der Waals surface area contributed by atoms with Crippen molar-refractivity contribution in [2.75, 3.05) is 0 Å². The molecule has 1 rings (SSSR count). The molecule has 0 amide bonds. The van der Waals surface area contributed by atoms with Crippen LogP contribution in [0.25, 0.3) is 0 Å². The van der Waals surface area contributed by atoms with Crippen LogP contribution in [-0.2, 0) is 0 Å². The third kappa shape index (κ3) is 2.80. The lowest BCUT2D eigenvalue weighted by Crippen LogP contribution is -1.98. The molecule has 0 nitrogen and oxygen atoms in total. The summed E-state index contributed by atoms with van der Waals surface area (Å²) in [4.78, 5) is 0. The SMILES string of the molecule is C=C=CCC1C(CCC(C)CC)C1(C)CC. The van der Waals surface area contributed by atoms with Crippen LogP contribution in [0.2, 0.25) is 0 Å². The van der Waals surface area contributed by atoms with Crippen molar-refractivity contribution in [1.29, 1.82) is 0 Å². The second-order valence-electron chi connectivity index (χ2n) is 5.81. The van der Waals surface area contributed by atoms with Crippen LogP contribution in [0.5, 0.6) is 0 Å². The number of hydrogen-bond acceptors (Lipinski definition) is 0. The van der Waals surface area contributed by atoms with E-state index in [0.717, 1.165) is 17.8 Å². The van der Waals surface area contributed by atoms with Crippen molar-refractivity contribution in [3.63, 3.8) is 0 Å². The zero-order valence-electron chi connectivity index (χ0n) is 11.6. The predicted octanol–water partition coefficient (Wildman–Crippen LogP) is 5.21. The predicted molar refractivity (Wildman–Crippen MR) is 72.4 cm³/mol. The second-order valence-corrected chi connectivity index (χ2v) is 5.81. The number of allylic oxidation sites excluding steroid dienone is 1. The van der Waals surface area contributed by atoms with E-state index in [9.17, 15) is 0 Å². The first-order valence-electron chi connectivity index (χ1n) is 6.94. The first-order chi connectivity index (χ1) is 7.60. The smallest absolute Gasteiger partial charge is 0.0238 e. The molecule has 0 spiro atoms. The zero-order chi connectivity index (χ0) is 12.2. The van der Waals surface area contributed by atoms with Crippen LogP contribution in [-0.4, -0.2) is 0 Å². The largest absolute Gasteiger partial charge is 0.133 e. The lowest BCUT2D eigenvalue weighted by atomic mass is 9.96. The van der Waals surface area contributed by atoms with E-state index >= 15 is 0 Å². The molecule has 16 heavy (non-hydrogen) atoms. The Balaban J connectivity index is 2.43. The average molecular weight is 220 g/mol. The maximum atomic E-state index is 3.67. The molecule has 1 aliphatic carbocycles. The van der Waals surface area contributed by atoms with Gasteiger partial charge in [0.05, 0.1) is 0 Å². The Hall–Kier alpha value is -0.480. The summed E-state index contributed by atoms with van der Waals surface area (Å²) in [6.07, 6.45) is 8.81. The molecule has 0 heteroatoms. The topological polar surface area (TPSA) is 0 Å². The van der Waals surface area contributed by atoms with E-state index < -0.39 is 0 Å². The van der Waals surface area contributed by atoms with Crippen molar-refractivity contribution in [3.05, 3.63) is 18.4 Å². The van der Waals surface area contributed by atoms with Gasteiger partial charge in [-0.05, 0) is 42.1 Å². The fraction of sp³-hybridized carbons (Fsp3) is 0.812. The highest BCUT2D eigenvalue weighted by molar-refractivity contribution is 5.08. The lowest BCUT2D eigenvalue weighted by Gasteiger charge is -2.10. The van der Waals surface area contributed by atoms with Crippen molar-refractivity contribution >= 4 is 0 Å². The molecule has 4 unspecified atom stereocenters. The van der Waals surface area contributed by atoms with Crippen molar-refractivity contribution in [2.45, 2.75) is 59.8 Å². The van der Waals surface area contributed by atoms with Crippen LogP contribution in [0, 0.1) is 23.2 Å². The summed E-state index contributed by atoms with van der Waals surface area (Å²) in [5.41, 5.74) is 3.53. The molecule has 0 saturated heterocycles. The first kappa shape index (κ1) is 13.6. The Bertz CT molecular complexity index is 259. The van der Waals surface area contributed by atoms with Gasteiger partial charge in [-0.15, -0.1) is 5.73 Å². The highest BCUT2D eigenvalue weighted by atomic mass is 14.6. The van der Waals surface area contributed by atoms with Gasteiger partial charge in [-0.3, -0.25) is 0 Å². The monoisotopic (exact) mass is 220 g/mol. The molecule has 0 aromatic heterocycles. The molecule has 1 saturated carbocycles. The zero-order valence-corrected chi connectivity index (χ0v) is 11.6. The second kappa shape index (κ2) is 5.73. The van der Waals surface area contributed by atoms with E-state index in [0.29, 0.717) is 5.41 Å². The number of rotatable bonds is 7. The van der Waals surface area contributed by atoms with Gasteiger partial charge in [0.25, 0.3) is 0 Å². The van der Waals surface area contributed by atoms with Crippen LogP contribution in [0.4, 0.5) is 0 Å². The average Bonchev–Trinajstić information content (AvgIpc) is 2.88. The molecule has 0 N–H and O–H groups in total. The van der Waals surface area contributed by atoms with Crippen LogP contribution < -0.4 is 0 Å². The van der Waals surface area contributed by atoms with Crippen molar-refractivity contribution < 1.29 is 0 Å². The van der Waals surface area contributed by atoms with Crippen LogP contribution in [0.1, 0.15) is 59.8 Å². The summed E-state index contributed by atoms with van der Waals surface area (Å²) in [5, 5.41) is 0. The van der Waals surface area contributed by atoms with Crippen LogP contribution in [0.3, 0.4) is 0 Å². The first-order valence-corrected chi connectivity index (χ1v) is 6.94. The Labute approximate surface area is 102 Å². The summed E-state index contributed by atoms with van der Waals surface area (Å²) in [5.74, 6) is 2.75. The van der Waals surface area contributed by atoms with E-state index in [2.05, 4.69) is 46.1 Å². The number of hydrogen-bond donors (Lipinski definition) is 0. The third-order valence-corrected chi connectivity index (χ3v) is 5.02. The van der Waals surface area contributed by atoms with E-state index in [1.165, 1.54) is 32.1 Å². The van der Waals surface area contributed by atoms with Gasteiger partial charge >= 0.3 is 0 Å². The van der Waals surface area contributed by atoms with Gasteiger partial charge < -0.3 is 0 Å². The van der Waals surface area contributed by atoms with E-state index in [4.69, 9.17) is 0 Å². The third-order valence-electron chi connectivity index (χ3n) is 5.02. The van der Waals surface area contributed by atoms with E-state index in [1.54, 1.807) is 0 Å². The Morgan fingerprint density at radius 1 is 1.38 bits per heavy atom. The molecule has 0 bridgehead atoms. The minimum absolute atomic E-state index is 0.612. The molecule has 1 aliphatic rings. The fourth-order valence-electron chi connectivity index (χ4n) is 3.13. The molecule has 0 radical (unpaired) electrons. The van der Waals surface area contributed by atoms with Gasteiger partial charge in [-0.1, -0.05) is 53.5 Å². The normalized spacial score (nSPS) is 34.2. The van der Waals surface area contributed by atoms with E-state index in [-0.39, 0.29) is 0 Å². The van der Waals surface area contributed by atoms with Crippen LogP contribution in [0.15, 0.2) is 18.4 Å². The molecule has 4 atom stereocenters. The standard InChI is InChI=1S/C16H28/c1-6-9-10-14-15(16(14,5)8-3)12-11-13(4)7-2/h9,13-15H,1,7-8,10-12H2,2-5H3. The van der Waals surface area contributed by atoms with Gasteiger partial charge in [0, 0.05) is 0 Å². The maximum absolute atomic E-state index is 3.67. The molecule has 0 aromatic rings. The Morgan fingerprint density at radius 2 is 2.06 bits per heavy atom. The molecule has 0 heterocycles. The summed E-state index contributed by atoms with van der Waals surface area (Å²) >= 11 is 0. The highest BCUT2D eigenvalue weighted by Crippen LogP contribution is 2.64. The van der Waals surface area contributed by atoms with Gasteiger partial charge in [-0.2, -0.15) is 0 Å². The quantitative estimate of drug-likeness (QED) is 0.517. The fourth-order valence-corrected chi connectivity index (χ4v) is 3.13. The van der Waals surface area contributed by atoms with Gasteiger partial charge in [0.1, 0.15) is 0 Å². The minimum atomic E-state index is 0.612. The van der Waals surface area contributed by atoms with E-state index in [1.807, 2.05) is 0 Å². The van der Waals surface area contributed by atoms with Crippen molar-refractivity contribution in [2.24, 2.45) is 23.2 Å². The van der Waals surface area contributed by atoms with Crippen molar-refractivity contribution in [3.8, 4) is 0 Å². The van der Waals surface area contributed by atoms with Gasteiger partial charge in [0.2, 0.25) is 0 Å². The van der Waals surface area contributed by atoms with Crippen molar-refractivity contribution in [1.82, 2.24) is 0 Å². The summed E-state index contributed by atoms with van der Waals surface area (Å²) in [6.45, 7) is 13.2. The summed E-state index contributed by atoms with van der Waals surface area (Å²) in [7, 11) is 0. The molecule has 0 aliphatic heterocycles. The Kier molecular flexibility index (Phi) is 4.87.